The molecule has 7 nitrogen and oxygen atoms in total. The molecule has 24 heavy (non-hydrogen) atoms. The van der Waals surface area contributed by atoms with Crippen LogP contribution in [0, 0.1) is 10.1 Å². The van der Waals surface area contributed by atoms with Crippen molar-refractivity contribution < 1.29 is 19.2 Å². The van der Waals surface area contributed by atoms with Gasteiger partial charge in [-0.25, -0.2) is 0 Å². The number of hydrogen-bond acceptors (Lipinski definition) is 5. The molecule has 0 unspecified atom stereocenters. The molecule has 0 saturated carbocycles. The van der Waals surface area contributed by atoms with E-state index in [0.29, 0.717) is 11.5 Å². The molecule has 0 bridgehead atoms. The predicted molar refractivity (Wildman–Crippen MR) is 89.8 cm³/mol. The van der Waals surface area contributed by atoms with Crippen LogP contribution in [0.4, 0.5) is 11.4 Å². The molecule has 0 fully saturated rings. The minimum atomic E-state index is -0.840. The maximum Gasteiger partial charge on any atom is 0.271 e. The number of halogens is 1. The van der Waals surface area contributed by atoms with Gasteiger partial charge in [0.25, 0.3) is 11.6 Å². The van der Waals surface area contributed by atoms with E-state index in [0.717, 1.165) is 0 Å². The highest BCUT2D eigenvalue weighted by Gasteiger charge is 2.18. The van der Waals surface area contributed by atoms with Gasteiger partial charge >= 0.3 is 0 Å². The van der Waals surface area contributed by atoms with Gasteiger partial charge in [0, 0.05) is 18.2 Å². The molecule has 1 amide bonds. The third kappa shape index (κ3) is 4.36. The standard InChI is InChI=1S/C16H15ClN2O5/c1-10(24-13-5-3-4-12(9-13)23-2)16(20)18-15-8-11(19(21)22)6-7-14(15)17/h3-10H,1-2H3,(H,18,20)/t10-/m1/s1. The second-order valence-corrected chi connectivity index (χ2v) is 5.26. The number of nitro benzene ring substituents is 1. The fourth-order valence-corrected chi connectivity index (χ4v) is 2.05. The number of nitro groups is 1. The smallest absolute Gasteiger partial charge is 0.271 e. The zero-order chi connectivity index (χ0) is 17.7. The third-order valence-corrected chi connectivity index (χ3v) is 3.47. The van der Waals surface area contributed by atoms with Crippen molar-refractivity contribution in [3.63, 3.8) is 0 Å². The Balaban J connectivity index is 2.08. The van der Waals surface area contributed by atoms with Gasteiger partial charge in [0.15, 0.2) is 6.10 Å². The topological polar surface area (TPSA) is 90.7 Å². The summed E-state index contributed by atoms with van der Waals surface area (Å²) in [6, 6.07) is 10.6. The van der Waals surface area contributed by atoms with E-state index in [4.69, 9.17) is 21.1 Å². The molecule has 0 spiro atoms. The van der Waals surface area contributed by atoms with E-state index < -0.39 is 16.9 Å². The summed E-state index contributed by atoms with van der Waals surface area (Å²) in [6.07, 6.45) is -0.840. The van der Waals surface area contributed by atoms with E-state index in [1.165, 1.54) is 25.3 Å². The van der Waals surface area contributed by atoms with Gasteiger partial charge < -0.3 is 14.8 Å². The van der Waals surface area contributed by atoms with Gasteiger partial charge in [0.2, 0.25) is 0 Å². The highest BCUT2D eigenvalue weighted by atomic mass is 35.5. The second kappa shape index (κ2) is 7.65. The van der Waals surface area contributed by atoms with Crippen molar-refractivity contribution in [2.24, 2.45) is 0 Å². The van der Waals surface area contributed by atoms with Crippen LogP contribution in [-0.2, 0) is 4.79 Å². The van der Waals surface area contributed by atoms with Gasteiger partial charge in [0.1, 0.15) is 11.5 Å². The first-order valence-corrected chi connectivity index (χ1v) is 7.34. The molecule has 0 saturated heterocycles. The Morgan fingerprint density at radius 1 is 1.25 bits per heavy atom. The summed E-state index contributed by atoms with van der Waals surface area (Å²) in [7, 11) is 1.53. The van der Waals surface area contributed by atoms with Crippen LogP contribution in [0.15, 0.2) is 42.5 Å². The fourth-order valence-electron chi connectivity index (χ4n) is 1.89. The number of methoxy groups -OCH3 is 1. The molecule has 126 valence electrons. The summed E-state index contributed by atoms with van der Waals surface area (Å²) < 4.78 is 10.6. The van der Waals surface area contributed by atoms with Gasteiger partial charge in [-0.3, -0.25) is 14.9 Å². The maximum atomic E-state index is 12.2. The van der Waals surface area contributed by atoms with Crippen molar-refractivity contribution >= 4 is 28.9 Å². The van der Waals surface area contributed by atoms with Crippen LogP contribution in [0.25, 0.3) is 0 Å². The van der Waals surface area contributed by atoms with Crippen LogP contribution in [0.3, 0.4) is 0 Å². The molecule has 2 aromatic rings. The maximum absolute atomic E-state index is 12.2. The third-order valence-electron chi connectivity index (χ3n) is 3.14. The number of nitrogens with one attached hydrogen (secondary N) is 1. The van der Waals surface area contributed by atoms with Gasteiger partial charge in [-0.05, 0) is 25.1 Å². The SMILES string of the molecule is COc1cccc(O[C@H](C)C(=O)Nc2cc([N+](=O)[O-])ccc2Cl)c1. The molecule has 1 atom stereocenters. The molecule has 2 aromatic carbocycles. The summed E-state index contributed by atoms with van der Waals surface area (Å²) in [5.74, 6) is 0.573. The molecule has 2 rings (SSSR count). The van der Waals surface area contributed by atoms with Crippen molar-refractivity contribution in [3.05, 3.63) is 57.6 Å². The van der Waals surface area contributed by atoms with E-state index >= 15 is 0 Å². The average Bonchev–Trinajstić information content (AvgIpc) is 2.56. The van der Waals surface area contributed by atoms with E-state index in [-0.39, 0.29) is 16.4 Å². The zero-order valence-corrected chi connectivity index (χ0v) is 13.7. The number of ether oxygens (including phenoxy) is 2. The minimum Gasteiger partial charge on any atom is -0.497 e. The number of benzene rings is 2. The quantitative estimate of drug-likeness (QED) is 0.634. The lowest BCUT2D eigenvalue weighted by Crippen LogP contribution is -2.30. The Morgan fingerprint density at radius 2 is 1.96 bits per heavy atom. The summed E-state index contributed by atoms with van der Waals surface area (Å²) in [4.78, 5) is 22.4. The van der Waals surface area contributed by atoms with Crippen LogP contribution < -0.4 is 14.8 Å². The van der Waals surface area contributed by atoms with Crippen LogP contribution in [0.2, 0.25) is 5.02 Å². The first kappa shape index (κ1) is 17.6. The first-order valence-electron chi connectivity index (χ1n) is 6.96. The number of non-ortho nitro benzene ring substituents is 1. The van der Waals surface area contributed by atoms with E-state index in [1.54, 1.807) is 31.2 Å². The molecule has 0 aliphatic heterocycles. The number of amides is 1. The van der Waals surface area contributed by atoms with Crippen molar-refractivity contribution in [2.45, 2.75) is 13.0 Å². The number of hydrogen-bond donors (Lipinski definition) is 1. The Hall–Kier alpha value is -2.80. The van der Waals surface area contributed by atoms with Crippen LogP contribution in [0.1, 0.15) is 6.92 Å². The number of carbonyl (C=O) groups is 1. The summed E-state index contributed by atoms with van der Waals surface area (Å²) in [5.41, 5.74) is -0.0203. The van der Waals surface area contributed by atoms with E-state index in [2.05, 4.69) is 5.32 Å². The van der Waals surface area contributed by atoms with Gasteiger partial charge in [-0.2, -0.15) is 0 Å². The Kier molecular flexibility index (Phi) is 5.59. The summed E-state index contributed by atoms with van der Waals surface area (Å²) >= 11 is 5.95. The molecular weight excluding hydrogens is 336 g/mol. The number of rotatable bonds is 6. The number of nitrogens with zero attached hydrogens (tertiary/aromatic N) is 1. The average molecular weight is 351 g/mol. The summed E-state index contributed by atoms with van der Waals surface area (Å²) in [6.45, 7) is 1.56. The Bertz CT molecular complexity index is 766. The van der Waals surface area contributed by atoms with Crippen LogP contribution >= 0.6 is 11.6 Å². The molecule has 0 aliphatic rings. The van der Waals surface area contributed by atoms with Crippen molar-refractivity contribution in [2.75, 3.05) is 12.4 Å². The van der Waals surface area contributed by atoms with Crippen LogP contribution in [-0.4, -0.2) is 24.0 Å². The molecule has 0 radical (unpaired) electrons. The van der Waals surface area contributed by atoms with Crippen LogP contribution in [0.5, 0.6) is 11.5 Å². The van der Waals surface area contributed by atoms with Gasteiger partial charge in [-0.15, -0.1) is 0 Å². The number of anilines is 1. The first-order chi connectivity index (χ1) is 11.4. The molecule has 1 N–H and O–H groups in total. The van der Waals surface area contributed by atoms with Crippen molar-refractivity contribution in [1.29, 1.82) is 0 Å². The number of carbonyl (C=O) groups excluding carboxylic acids is 1. The minimum absolute atomic E-state index is 0.150. The normalized spacial score (nSPS) is 11.5. The monoisotopic (exact) mass is 350 g/mol. The molecule has 8 heteroatoms. The molecule has 0 aromatic heterocycles. The Morgan fingerprint density at radius 3 is 2.62 bits per heavy atom. The highest BCUT2D eigenvalue weighted by Crippen LogP contribution is 2.27. The molecule has 0 heterocycles. The lowest BCUT2D eigenvalue weighted by molar-refractivity contribution is -0.384. The molecular formula is C16H15ClN2O5. The molecule has 0 aliphatic carbocycles. The van der Waals surface area contributed by atoms with Gasteiger partial charge in [-0.1, -0.05) is 17.7 Å². The lowest BCUT2D eigenvalue weighted by atomic mass is 10.2. The lowest BCUT2D eigenvalue weighted by Gasteiger charge is -2.15. The van der Waals surface area contributed by atoms with E-state index in [1.807, 2.05) is 0 Å². The predicted octanol–water partition coefficient (Wildman–Crippen LogP) is 3.66. The highest BCUT2D eigenvalue weighted by molar-refractivity contribution is 6.33. The van der Waals surface area contributed by atoms with Gasteiger partial charge in [0.05, 0.1) is 22.7 Å². The van der Waals surface area contributed by atoms with Crippen molar-refractivity contribution in [3.8, 4) is 11.5 Å². The zero-order valence-electron chi connectivity index (χ0n) is 13.0. The summed E-state index contributed by atoms with van der Waals surface area (Å²) in [5, 5.41) is 13.5. The second-order valence-electron chi connectivity index (χ2n) is 4.85. The fraction of sp³-hybridized carbons (Fsp3) is 0.188. The Labute approximate surface area is 143 Å². The largest absolute Gasteiger partial charge is 0.497 e. The van der Waals surface area contributed by atoms with Crippen molar-refractivity contribution in [1.82, 2.24) is 0 Å². The van der Waals surface area contributed by atoms with E-state index in [9.17, 15) is 14.9 Å².